The molecule has 0 unspecified atom stereocenters. The van der Waals surface area contributed by atoms with Crippen LogP contribution in [0.25, 0.3) is 10.9 Å². The zero-order valence-electron chi connectivity index (χ0n) is 19.0. The molecule has 170 valence electrons. The number of aryl methyl sites for hydroxylation is 1. The minimum Gasteiger partial charge on any atom is -0.493 e. The summed E-state index contributed by atoms with van der Waals surface area (Å²) in [7, 11) is 3.21. The Balaban J connectivity index is 1.34. The molecule has 33 heavy (non-hydrogen) atoms. The Morgan fingerprint density at radius 1 is 0.697 bits per heavy atom. The fraction of sp³-hybridized carbons (Fsp3) is 0.222. The van der Waals surface area contributed by atoms with Crippen molar-refractivity contribution < 1.29 is 23.7 Å². The second-order valence-corrected chi connectivity index (χ2v) is 7.42. The van der Waals surface area contributed by atoms with E-state index < -0.39 is 0 Å². The standard InChI is InChI=1S/C27H27NO5/c1-19-7-4-5-8-24(19)32-16-6-15-31-20-9-11-21(12-10-20)33-25-13-14-28-23-18-27(30-3)26(29-2)17-22(23)25/h4-5,7-14,17-18H,6,15-16H2,1-3H3. The highest BCUT2D eigenvalue weighted by Gasteiger charge is 2.11. The number of methoxy groups -OCH3 is 2. The monoisotopic (exact) mass is 445 g/mol. The molecule has 0 saturated heterocycles. The molecular formula is C27H27NO5. The first kappa shape index (κ1) is 22.3. The summed E-state index contributed by atoms with van der Waals surface area (Å²) in [5.74, 6) is 4.33. The van der Waals surface area contributed by atoms with Crippen LogP contribution in [0.5, 0.6) is 34.5 Å². The van der Waals surface area contributed by atoms with E-state index in [9.17, 15) is 0 Å². The molecule has 0 amide bonds. The Kier molecular flexibility index (Phi) is 7.15. The first-order valence-electron chi connectivity index (χ1n) is 10.8. The van der Waals surface area contributed by atoms with Crippen LogP contribution in [0.15, 0.2) is 72.9 Å². The number of para-hydroxylation sites is 1. The van der Waals surface area contributed by atoms with Gasteiger partial charge in [0.25, 0.3) is 0 Å². The molecule has 6 heteroatoms. The van der Waals surface area contributed by atoms with E-state index in [1.54, 1.807) is 20.4 Å². The zero-order chi connectivity index (χ0) is 23.0. The number of ether oxygens (including phenoxy) is 5. The van der Waals surface area contributed by atoms with Gasteiger partial charge in [0.05, 0.1) is 33.0 Å². The molecule has 0 atom stereocenters. The predicted molar refractivity (Wildman–Crippen MR) is 128 cm³/mol. The second-order valence-electron chi connectivity index (χ2n) is 7.42. The highest BCUT2D eigenvalue weighted by molar-refractivity contribution is 5.88. The third kappa shape index (κ3) is 5.47. The van der Waals surface area contributed by atoms with Crippen LogP contribution in [0.4, 0.5) is 0 Å². The molecule has 0 radical (unpaired) electrons. The Hall–Kier alpha value is -3.93. The SMILES string of the molecule is COc1cc2nccc(Oc3ccc(OCCCOc4ccccc4C)cc3)c2cc1OC. The maximum absolute atomic E-state index is 6.11. The van der Waals surface area contributed by atoms with Gasteiger partial charge in [0.2, 0.25) is 0 Å². The lowest BCUT2D eigenvalue weighted by atomic mass is 10.2. The lowest BCUT2D eigenvalue weighted by Crippen LogP contribution is -2.05. The smallest absolute Gasteiger partial charge is 0.162 e. The lowest BCUT2D eigenvalue weighted by molar-refractivity contribution is 0.246. The van der Waals surface area contributed by atoms with Gasteiger partial charge in [-0.05, 0) is 55.0 Å². The minimum absolute atomic E-state index is 0.572. The summed E-state index contributed by atoms with van der Waals surface area (Å²) >= 11 is 0. The van der Waals surface area contributed by atoms with Crippen LogP contribution in [0.2, 0.25) is 0 Å². The van der Waals surface area contributed by atoms with E-state index in [4.69, 9.17) is 23.7 Å². The molecule has 0 aliphatic carbocycles. The molecule has 0 saturated carbocycles. The first-order valence-corrected chi connectivity index (χ1v) is 10.8. The molecule has 6 nitrogen and oxygen atoms in total. The molecule has 0 spiro atoms. The average molecular weight is 446 g/mol. The van der Waals surface area contributed by atoms with E-state index >= 15 is 0 Å². The third-order valence-electron chi connectivity index (χ3n) is 5.17. The van der Waals surface area contributed by atoms with E-state index in [2.05, 4.69) is 4.98 Å². The van der Waals surface area contributed by atoms with Gasteiger partial charge < -0.3 is 23.7 Å². The molecule has 0 fully saturated rings. The number of pyridine rings is 1. The van der Waals surface area contributed by atoms with Crippen molar-refractivity contribution in [2.75, 3.05) is 27.4 Å². The molecular weight excluding hydrogens is 418 g/mol. The first-order chi connectivity index (χ1) is 16.2. The number of fused-ring (bicyclic) bond motifs is 1. The van der Waals surface area contributed by atoms with E-state index in [0.29, 0.717) is 36.2 Å². The van der Waals surface area contributed by atoms with Crippen molar-refractivity contribution in [3.63, 3.8) is 0 Å². The number of nitrogens with zero attached hydrogens (tertiary/aromatic N) is 1. The number of rotatable bonds is 10. The van der Waals surface area contributed by atoms with Crippen LogP contribution in [-0.4, -0.2) is 32.4 Å². The van der Waals surface area contributed by atoms with Gasteiger partial charge in [0.15, 0.2) is 11.5 Å². The van der Waals surface area contributed by atoms with Crippen LogP contribution < -0.4 is 23.7 Å². The summed E-state index contributed by atoms with van der Waals surface area (Å²) in [6, 6.07) is 21.1. The normalized spacial score (nSPS) is 10.6. The fourth-order valence-corrected chi connectivity index (χ4v) is 3.42. The second kappa shape index (κ2) is 10.6. The Bertz CT molecular complexity index is 1210. The molecule has 1 heterocycles. The van der Waals surface area contributed by atoms with Crippen molar-refractivity contribution in [2.24, 2.45) is 0 Å². The number of benzene rings is 3. The number of hydrogen-bond donors (Lipinski definition) is 0. The summed E-state index contributed by atoms with van der Waals surface area (Å²) in [5.41, 5.74) is 1.89. The largest absolute Gasteiger partial charge is 0.493 e. The van der Waals surface area contributed by atoms with Gasteiger partial charge in [-0.2, -0.15) is 0 Å². The van der Waals surface area contributed by atoms with Gasteiger partial charge in [0.1, 0.15) is 23.0 Å². The van der Waals surface area contributed by atoms with Crippen LogP contribution in [0.3, 0.4) is 0 Å². The van der Waals surface area contributed by atoms with E-state index in [1.165, 1.54) is 0 Å². The maximum atomic E-state index is 6.11. The van der Waals surface area contributed by atoms with Gasteiger partial charge >= 0.3 is 0 Å². The van der Waals surface area contributed by atoms with Crippen molar-refractivity contribution >= 4 is 10.9 Å². The van der Waals surface area contributed by atoms with Gasteiger partial charge in [-0.3, -0.25) is 4.98 Å². The summed E-state index contributed by atoms with van der Waals surface area (Å²) in [4.78, 5) is 4.41. The third-order valence-corrected chi connectivity index (χ3v) is 5.17. The molecule has 3 aromatic carbocycles. The van der Waals surface area contributed by atoms with Crippen molar-refractivity contribution in [2.45, 2.75) is 13.3 Å². The highest BCUT2D eigenvalue weighted by atomic mass is 16.5. The zero-order valence-corrected chi connectivity index (χ0v) is 19.0. The predicted octanol–water partition coefficient (Wildman–Crippen LogP) is 6.20. The Morgan fingerprint density at radius 2 is 1.39 bits per heavy atom. The van der Waals surface area contributed by atoms with Crippen molar-refractivity contribution in [3.05, 3.63) is 78.5 Å². The van der Waals surface area contributed by atoms with Crippen LogP contribution in [0.1, 0.15) is 12.0 Å². The Morgan fingerprint density at radius 3 is 2.15 bits per heavy atom. The van der Waals surface area contributed by atoms with Crippen molar-refractivity contribution in [3.8, 4) is 34.5 Å². The summed E-state index contributed by atoms with van der Waals surface area (Å²) in [6.07, 6.45) is 2.50. The van der Waals surface area contributed by atoms with Gasteiger partial charge in [0, 0.05) is 24.1 Å². The molecule has 0 aliphatic heterocycles. The summed E-state index contributed by atoms with van der Waals surface area (Å²) in [6.45, 7) is 3.22. The lowest BCUT2D eigenvalue weighted by Gasteiger charge is -2.13. The molecule has 1 aromatic heterocycles. The molecule has 4 rings (SSSR count). The highest BCUT2D eigenvalue weighted by Crippen LogP contribution is 2.37. The number of aromatic nitrogens is 1. The minimum atomic E-state index is 0.572. The summed E-state index contributed by atoms with van der Waals surface area (Å²) in [5, 5.41) is 0.837. The van der Waals surface area contributed by atoms with Gasteiger partial charge in [-0.25, -0.2) is 0 Å². The average Bonchev–Trinajstić information content (AvgIpc) is 2.85. The molecule has 0 bridgehead atoms. The Labute approximate surface area is 193 Å². The molecule has 0 N–H and O–H groups in total. The van der Waals surface area contributed by atoms with Crippen LogP contribution in [0, 0.1) is 6.92 Å². The van der Waals surface area contributed by atoms with Crippen LogP contribution in [-0.2, 0) is 0 Å². The number of hydrogen-bond acceptors (Lipinski definition) is 6. The van der Waals surface area contributed by atoms with E-state index in [1.807, 2.05) is 73.7 Å². The van der Waals surface area contributed by atoms with E-state index in [0.717, 1.165) is 34.4 Å². The topological polar surface area (TPSA) is 59.0 Å². The summed E-state index contributed by atoms with van der Waals surface area (Å²) < 4.78 is 28.5. The van der Waals surface area contributed by atoms with E-state index in [-0.39, 0.29) is 0 Å². The van der Waals surface area contributed by atoms with Crippen molar-refractivity contribution in [1.29, 1.82) is 0 Å². The molecule has 0 aliphatic rings. The van der Waals surface area contributed by atoms with Gasteiger partial charge in [-0.15, -0.1) is 0 Å². The quantitative estimate of drug-likeness (QED) is 0.271. The van der Waals surface area contributed by atoms with Crippen molar-refractivity contribution in [1.82, 2.24) is 4.98 Å². The molecule has 4 aromatic rings. The van der Waals surface area contributed by atoms with Crippen LogP contribution >= 0.6 is 0 Å². The maximum Gasteiger partial charge on any atom is 0.162 e. The van der Waals surface area contributed by atoms with Gasteiger partial charge in [-0.1, -0.05) is 18.2 Å². The fourth-order valence-electron chi connectivity index (χ4n) is 3.42.